The van der Waals surface area contributed by atoms with Crippen LogP contribution in [0.5, 0.6) is 0 Å². The Morgan fingerprint density at radius 1 is 1.42 bits per heavy atom. The van der Waals surface area contributed by atoms with E-state index >= 15 is 0 Å². The Morgan fingerprint density at radius 3 is 2.50 bits per heavy atom. The summed E-state index contributed by atoms with van der Waals surface area (Å²) in [7, 11) is 0. The summed E-state index contributed by atoms with van der Waals surface area (Å²) in [6.45, 7) is 1.59. The fourth-order valence-corrected chi connectivity index (χ4v) is 1.55. The molecule has 1 aliphatic carbocycles. The van der Waals surface area contributed by atoms with Crippen LogP contribution in [0.4, 0.5) is 0 Å². The molecule has 0 bridgehead atoms. The topological polar surface area (TPSA) is 46.5 Å². The minimum atomic E-state index is -0.861. The molecule has 0 heterocycles. The van der Waals surface area contributed by atoms with Crippen molar-refractivity contribution in [3.05, 3.63) is 0 Å². The van der Waals surface area contributed by atoms with Crippen molar-refractivity contribution in [2.24, 2.45) is 0 Å². The molecule has 12 heavy (non-hydrogen) atoms. The average molecular weight is 172 g/mol. The first-order valence-electron chi connectivity index (χ1n) is 4.58. The molecule has 0 aliphatic heterocycles. The molecule has 1 rings (SSSR count). The number of carboxylic acids is 1. The maximum atomic E-state index is 10.4. The smallest absolute Gasteiger partial charge is 0.332 e. The zero-order valence-corrected chi connectivity index (χ0v) is 7.45. The van der Waals surface area contributed by atoms with Gasteiger partial charge in [0.2, 0.25) is 0 Å². The number of hydrogen-bond acceptors (Lipinski definition) is 2. The second kappa shape index (κ2) is 4.45. The highest BCUT2D eigenvalue weighted by Crippen LogP contribution is 2.21. The molecule has 0 unspecified atom stereocenters. The van der Waals surface area contributed by atoms with Crippen LogP contribution < -0.4 is 0 Å². The van der Waals surface area contributed by atoms with Gasteiger partial charge in [0.05, 0.1) is 6.10 Å². The number of ether oxygens (including phenoxy) is 1. The van der Waals surface area contributed by atoms with E-state index in [4.69, 9.17) is 9.84 Å². The Morgan fingerprint density at radius 2 is 2.00 bits per heavy atom. The number of rotatable bonds is 3. The van der Waals surface area contributed by atoms with Crippen molar-refractivity contribution in [3.63, 3.8) is 0 Å². The van der Waals surface area contributed by atoms with Gasteiger partial charge in [0.1, 0.15) is 0 Å². The zero-order valence-electron chi connectivity index (χ0n) is 7.45. The lowest BCUT2D eigenvalue weighted by atomic mass is 9.98. The molecular formula is C9H16O3. The van der Waals surface area contributed by atoms with Crippen molar-refractivity contribution in [3.8, 4) is 0 Å². The normalized spacial score (nSPS) is 22.1. The molecule has 1 atom stereocenters. The third kappa shape index (κ3) is 2.81. The molecule has 1 aliphatic rings. The summed E-state index contributed by atoms with van der Waals surface area (Å²) in [5, 5.41) is 8.59. The lowest BCUT2D eigenvalue weighted by Crippen LogP contribution is -2.27. The minimum absolute atomic E-state index is 0.185. The van der Waals surface area contributed by atoms with E-state index in [2.05, 4.69) is 0 Å². The first-order chi connectivity index (χ1) is 5.70. The summed E-state index contributed by atoms with van der Waals surface area (Å²) >= 11 is 0. The van der Waals surface area contributed by atoms with Crippen molar-refractivity contribution in [2.75, 3.05) is 0 Å². The van der Waals surface area contributed by atoms with Crippen molar-refractivity contribution in [2.45, 2.75) is 51.2 Å². The van der Waals surface area contributed by atoms with Gasteiger partial charge in [-0.3, -0.25) is 0 Å². The second-order valence-electron chi connectivity index (χ2n) is 3.38. The molecule has 70 valence electrons. The zero-order chi connectivity index (χ0) is 8.97. The quantitative estimate of drug-likeness (QED) is 0.706. The first kappa shape index (κ1) is 9.52. The predicted molar refractivity (Wildman–Crippen MR) is 45.1 cm³/mol. The standard InChI is InChI=1S/C9H16O3/c1-7(9(10)11)12-8-5-3-2-4-6-8/h7-8H,2-6H2,1H3,(H,10,11)/t7-/m0/s1. The van der Waals surface area contributed by atoms with Crippen molar-refractivity contribution < 1.29 is 14.6 Å². The third-order valence-corrected chi connectivity index (χ3v) is 2.30. The van der Waals surface area contributed by atoms with Crippen LogP contribution in [0.25, 0.3) is 0 Å². The lowest BCUT2D eigenvalue weighted by molar-refractivity contribution is -0.153. The van der Waals surface area contributed by atoms with E-state index < -0.39 is 12.1 Å². The van der Waals surface area contributed by atoms with Gasteiger partial charge in [0, 0.05) is 0 Å². The SMILES string of the molecule is C[C@H](OC1CCCCC1)C(=O)O. The van der Waals surface area contributed by atoms with E-state index in [9.17, 15) is 4.79 Å². The van der Waals surface area contributed by atoms with Gasteiger partial charge in [-0.05, 0) is 19.8 Å². The molecule has 0 saturated heterocycles. The molecule has 0 radical (unpaired) electrons. The van der Waals surface area contributed by atoms with Crippen LogP contribution in [0.3, 0.4) is 0 Å². The van der Waals surface area contributed by atoms with Crippen LogP contribution >= 0.6 is 0 Å². The molecule has 1 fully saturated rings. The van der Waals surface area contributed by atoms with E-state index in [1.54, 1.807) is 6.92 Å². The van der Waals surface area contributed by atoms with Crippen molar-refractivity contribution in [1.82, 2.24) is 0 Å². The molecule has 0 aromatic rings. The highest BCUT2D eigenvalue weighted by atomic mass is 16.5. The molecule has 0 spiro atoms. The van der Waals surface area contributed by atoms with E-state index in [-0.39, 0.29) is 6.10 Å². The third-order valence-electron chi connectivity index (χ3n) is 2.30. The Kier molecular flexibility index (Phi) is 3.53. The van der Waals surface area contributed by atoms with Crippen LogP contribution in [0.1, 0.15) is 39.0 Å². The molecule has 1 N–H and O–H groups in total. The van der Waals surface area contributed by atoms with Gasteiger partial charge in [-0.25, -0.2) is 4.79 Å². The van der Waals surface area contributed by atoms with Crippen LogP contribution in [-0.4, -0.2) is 23.3 Å². The molecule has 1 saturated carbocycles. The van der Waals surface area contributed by atoms with Gasteiger partial charge in [-0.15, -0.1) is 0 Å². The molecule has 0 aromatic carbocycles. The van der Waals surface area contributed by atoms with E-state index in [1.165, 1.54) is 19.3 Å². The summed E-state index contributed by atoms with van der Waals surface area (Å²) in [4.78, 5) is 10.4. The molecule has 0 aromatic heterocycles. The Hall–Kier alpha value is -0.570. The Labute approximate surface area is 72.7 Å². The van der Waals surface area contributed by atoms with Gasteiger partial charge in [0.15, 0.2) is 6.10 Å². The summed E-state index contributed by atoms with van der Waals surface area (Å²) in [5.74, 6) is -0.861. The van der Waals surface area contributed by atoms with E-state index in [0.717, 1.165) is 12.8 Å². The van der Waals surface area contributed by atoms with Gasteiger partial charge >= 0.3 is 5.97 Å². The number of aliphatic carboxylic acids is 1. The fraction of sp³-hybridized carbons (Fsp3) is 0.889. The van der Waals surface area contributed by atoms with E-state index in [1.807, 2.05) is 0 Å². The maximum Gasteiger partial charge on any atom is 0.332 e. The summed E-state index contributed by atoms with van der Waals surface area (Å²) < 4.78 is 5.35. The lowest BCUT2D eigenvalue weighted by Gasteiger charge is -2.23. The highest BCUT2D eigenvalue weighted by molar-refractivity contribution is 5.71. The van der Waals surface area contributed by atoms with Gasteiger partial charge in [-0.1, -0.05) is 19.3 Å². The molecule has 3 heteroatoms. The molecular weight excluding hydrogens is 156 g/mol. The highest BCUT2D eigenvalue weighted by Gasteiger charge is 2.19. The van der Waals surface area contributed by atoms with Gasteiger partial charge in [-0.2, -0.15) is 0 Å². The van der Waals surface area contributed by atoms with Gasteiger partial charge < -0.3 is 9.84 Å². The summed E-state index contributed by atoms with van der Waals surface area (Å²) in [5.41, 5.74) is 0. The van der Waals surface area contributed by atoms with Crippen LogP contribution in [0.2, 0.25) is 0 Å². The molecule has 3 nitrogen and oxygen atoms in total. The van der Waals surface area contributed by atoms with Crippen LogP contribution in [-0.2, 0) is 9.53 Å². The maximum absolute atomic E-state index is 10.4. The number of hydrogen-bond donors (Lipinski definition) is 1. The Bertz CT molecular complexity index is 150. The molecule has 0 amide bonds. The number of carboxylic acid groups (broad SMARTS) is 1. The van der Waals surface area contributed by atoms with E-state index in [0.29, 0.717) is 0 Å². The second-order valence-corrected chi connectivity index (χ2v) is 3.38. The summed E-state index contributed by atoms with van der Waals surface area (Å²) in [6, 6.07) is 0. The Balaban J connectivity index is 2.24. The van der Waals surface area contributed by atoms with Crippen LogP contribution in [0.15, 0.2) is 0 Å². The fourth-order valence-electron chi connectivity index (χ4n) is 1.55. The predicted octanol–water partition coefficient (Wildman–Crippen LogP) is 1.81. The average Bonchev–Trinajstić information content (AvgIpc) is 2.06. The van der Waals surface area contributed by atoms with Crippen molar-refractivity contribution in [1.29, 1.82) is 0 Å². The van der Waals surface area contributed by atoms with Gasteiger partial charge in [0.25, 0.3) is 0 Å². The largest absolute Gasteiger partial charge is 0.479 e. The van der Waals surface area contributed by atoms with Crippen LogP contribution in [0, 0.1) is 0 Å². The monoisotopic (exact) mass is 172 g/mol. The first-order valence-corrected chi connectivity index (χ1v) is 4.58. The minimum Gasteiger partial charge on any atom is -0.479 e. The number of carbonyl (C=O) groups is 1. The van der Waals surface area contributed by atoms with Crippen molar-refractivity contribution >= 4 is 5.97 Å². The summed E-state index contributed by atoms with van der Waals surface area (Å²) in [6.07, 6.45) is 5.21.